The van der Waals surface area contributed by atoms with Crippen LogP contribution >= 0.6 is 0 Å². The van der Waals surface area contributed by atoms with Crippen molar-refractivity contribution in [2.75, 3.05) is 25.6 Å². The third kappa shape index (κ3) is 4.75. The van der Waals surface area contributed by atoms with Gasteiger partial charge >= 0.3 is 0 Å². The summed E-state index contributed by atoms with van der Waals surface area (Å²) in [6.07, 6.45) is 2.13. The minimum absolute atomic E-state index is 0.0777. The summed E-state index contributed by atoms with van der Waals surface area (Å²) >= 11 is 0. The SMILES string of the molecule is COc1cc(C)c(N(C)CCCC(C)(C)N)cc1C. The van der Waals surface area contributed by atoms with Crippen LogP contribution in [0.1, 0.15) is 37.8 Å². The Hall–Kier alpha value is -1.22. The number of nitrogens with zero attached hydrogens (tertiary/aromatic N) is 1. The zero-order valence-corrected chi connectivity index (χ0v) is 13.2. The van der Waals surface area contributed by atoms with E-state index >= 15 is 0 Å². The molecule has 0 bridgehead atoms. The van der Waals surface area contributed by atoms with Crippen molar-refractivity contribution in [3.8, 4) is 5.75 Å². The Morgan fingerprint density at radius 1 is 1.21 bits per heavy atom. The molecule has 0 amide bonds. The second-order valence-electron chi connectivity index (χ2n) is 6.12. The van der Waals surface area contributed by atoms with Crippen LogP contribution in [0.2, 0.25) is 0 Å². The highest BCUT2D eigenvalue weighted by molar-refractivity contribution is 5.58. The standard InChI is InChI=1S/C16H28N2O/c1-12-11-15(19-6)13(2)10-14(12)18(5)9-7-8-16(3,4)17/h10-11H,7-9,17H2,1-6H3. The molecule has 0 saturated heterocycles. The van der Waals surface area contributed by atoms with Gasteiger partial charge in [0.25, 0.3) is 0 Å². The fourth-order valence-electron chi connectivity index (χ4n) is 2.30. The van der Waals surface area contributed by atoms with Crippen LogP contribution in [0.5, 0.6) is 5.75 Å². The van der Waals surface area contributed by atoms with Gasteiger partial charge in [0.1, 0.15) is 5.75 Å². The van der Waals surface area contributed by atoms with Crippen molar-refractivity contribution in [3.63, 3.8) is 0 Å². The number of hydrogen-bond donors (Lipinski definition) is 1. The fourth-order valence-corrected chi connectivity index (χ4v) is 2.30. The summed E-state index contributed by atoms with van der Waals surface area (Å²) in [4.78, 5) is 2.30. The van der Waals surface area contributed by atoms with Crippen molar-refractivity contribution in [2.24, 2.45) is 5.73 Å². The van der Waals surface area contributed by atoms with E-state index in [0.717, 1.165) is 25.1 Å². The summed E-state index contributed by atoms with van der Waals surface area (Å²) < 4.78 is 5.35. The first kappa shape index (κ1) is 15.8. The second kappa shape index (κ2) is 6.29. The van der Waals surface area contributed by atoms with Crippen LogP contribution < -0.4 is 15.4 Å². The molecule has 19 heavy (non-hydrogen) atoms. The fraction of sp³-hybridized carbons (Fsp3) is 0.625. The maximum Gasteiger partial charge on any atom is 0.122 e. The molecule has 108 valence electrons. The molecular weight excluding hydrogens is 236 g/mol. The predicted octanol–water partition coefficient (Wildman–Crippen LogP) is 3.27. The average Bonchev–Trinajstić information content (AvgIpc) is 2.29. The Bertz CT molecular complexity index is 421. The summed E-state index contributed by atoms with van der Waals surface area (Å²) in [5, 5.41) is 0. The Balaban J connectivity index is 2.72. The highest BCUT2D eigenvalue weighted by Gasteiger charge is 2.12. The minimum atomic E-state index is -0.0777. The molecule has 3 nitrogen and oxygen atoms in total. The Labute approximate surface area is 117 Å². The Morgan fingerprint density at radius 3 is 2.37 bits per heavy atom. The first-order valence-corrected chi connectivity index (χ1v) is 6.90. The number of hydrogen-bond acceptors (Lipinski definition) is 3. The molecule has 0 heterocycles. The lowest BCUT2D eigenvalue weighted by Crippen LogP contribution is -2.33. The number of rotatable bonds is 6. The van der Waals surface area contributed by atoms with Gasteiger partial charge in [-0.15, -0.1) is 0 Å². The lowest BCUT2D eigenvalue weighted by atomic mass is 10.00. The van der Waals surface area contributed by atoms with E-state index in [1.54, 1.807) is 7.11 Å². The molecule has 0 aliphatic heterocycles. The summed E-state index contributed by atoms with van der Waals surface area (Å²) in [7, 11) is 3.85. The van der Waals surface area contributed by atoms with Crippen molar-refractivity contribution in [3.05, 3.63) is 23.3 Å². The van der Waals surface area contributed by atoms with E-state index in [9.17, 15) is 0 Å². The Kier molecular flexibility index (Phi) is 5.24. The molecule has 3 heteroatoms. The summed E-state index contributed by atoms with van der Waals surface area (Å²) in [6.45, 7) is 9.39. The van der Waals surface area contributed by atoms with E-state index in [2.05, 4.69) is 51.8 Å². The lowest BCUT2D eigenvalue weighted by Gasteiger charge is -2.25. The van der Waals surface area contributed by atoms with Gasteiger partial charge in [-0.2, -0.15) is 0 Å². The van der Waals surface area contributed by atoms with Gasteiger partial charge in [0.2, 0.25) is 0 Å². The maximum atomic E-state index is 6.02. The average molecular weight is 264 g/mol. The topological polar surface area (TPSA) is 38.5 Å². The van der Waals surface area contributed by atoms with Gasteiger partial charge in [-0.3, -0.25) is 0 Å². The molecule has 0 unspecified atom stereocenters. The summed E-state index contributed by atoms with van der Waals surface area (Å²) in [5.41, 5.74) is 9.63. The molecule has 0 aromatic heterocycles. The zero-order chi connectivity index (χ0) is 14.6. The zero-order valence-electron chi connectivity index (χ0n) is 13.2. The molecule has 2 N–H and O–H groups in total. The van der Waals surface area contributed by atoms with Gasteiger partial charge in [-0.1, -0.05) is 0 Å². The van der Waals surface area contributed by atoms with Crippen molar-refractivity contribution in [1.82, 2.24) is 0 Å². The lowest BCUT2D eigenvalue weighted by molar-refractivity contribution is 0.411. The number of aryl methyl sites for hydroxylation is 2. The minimum Gasteiger partial charge on any atom is -0.496 e. The third-order valence-electron chi connectivity index (χ3n) is 3.44. The van der Waals surface area contributed by atoms with E-state index in [1.165, 1.54) is 16.8 Å². The molecule has 0 saturated carbocycles. The van der Waals surface area contributed by atoms with Gasteiger partial charge in [0.15, 0.2) is 0 Å². The van der Waals surface area contributed by atoms with E-state index in [0.29, 0.717) is 0 Å². The van der Waals surface area contributed by atoms with E-state index < -0.39 is 0 Å². The highest BCUT2D eigenvalue weighted by atomic mass is 16.5. The smallest absolute Gasteiger partial charge is 0.122 e. The normalized spacial score (nSPS) is 11.5. The molecule has 0 aliphatic rings. The largest absolute Gasteiger partial charge is 0.496 e. The maximum absolute atomic E-state index is 6.02. The monoisotopic (exact) mass is 264 g/mol. The van der Waals surface area contributed by atoms with Crippen LogP contribution in [-0.2, 0) is 0 Å². The molecule has 0 atom stereocenters. The molecule has 1 aromatic rings. The number of benzene rings is 1. The van der Waals surface area contributed by atoms with Gasteiger partial charge in [0, 0.05) is 24.8 Å². The molecular formula is C16H28N2O. The molecule has 1 rings (SSSR count). The van der Waals surface area contributed by atoms with E-state index in [4.69, 9.17) is 10.5 Å². The van der Waals surface area contributed by atoms with Crippen molar-refractivity contribution in [1.29, 1.82) is 0 Å². The van der Waals surface area contributed by atoms with Crippen LogP contribution in [0, 0.1) is 13.8 Å². The van der Waals surface area contributed by atoms with E-state index in [-0.39, 0.29) is 5.54 Å². The first-order valence-electron chi connectivity index (χ1n) is 6.90. The highest BCUT2D eigenvalue weighted by Crippen LogP contribution is 2.28. The van der Waals surface area contributed by atoms with Gasteiger partial charge in [-0.25, -0.2) is 0 Å². The predicted molar refractivity (Wildman–Crippen MR) is 83.2 cm³/mol. The molecule has 0 aliphatic carbocycles. The molecule has 0 fully saturated rings. The van der Waals surface area contributed by atoms with Crippen molar-refractivity contribution in [2.45, 2.75) is 46.1 Å². The van der Waals surface area contributed by atoms with E-state index in [1.807, 2.05) is 0 Å². The number of nitrogens with two attached hydrogens (primary N) is 1. The number of ether oxygens (including phenoxy) is 1. The number of methoxy groups -OCH3 is 1. The van der Waals surface area contributed by atoms with Crippen molar-refractivity contribution < 1.29 is 4.74 Å². The molecule has 0 radical (unpaired) electrons. The van der Waals surface area contributed by atoms with Gasteiger partial charge < -0.3 is 15.4 Å². The summed E-state index contributed by atoms with van der Waals surface area (Å²) in [5.74, 6) is 0.956. The van der Waals surface area contributed by atoms with Crippen LogP contribution in [0.4, 0.5) is 5.69 Å². The first-order chi connectivity index (χ1) is 8.74. The van der Waals surface area contributed by atoms with Crippen LogP contribution in [0.15, 0.2) is 12.1 Å². The molecule has 1 aromatic carbocycles. The second-order valence-corrected chi connectivity index (χ2v) is 6.12. The number of anilines is 1. The summed E-state index contributed by atoms with van der Waals surface area (Å²) in [6, 6.07) is 4.30. The van der Waals surface area contributed by atoms with Crippen LogP contribution in [0.25, 0.3) is 0 Å². The molecule has 0 spiro atoms. The van der Waals surface area contributed by atoms with Gasteiger partial charge in [-0.05, 0) is 63.8 Å². The van der Waals surface area contributed by atoms with Crippen LogP contribution in [-0.4, -0.2) is 26.2 Å². The quantitative estimate of drug-likeness (QED) is 0.857. The van der Waals surface area contributed by atoms with Crippen molar-refractivity contribution >= 4 is 5.69 Å². The van der Waals surface area contributed by atoms with Gasteiger partial charge in [0.05, 0.1) is 7.11 Å². The Morgan fingerprint density at radius 2 is 1.84 bits per heavy atom. The third-order valence-corrected chi connectivity index (χ3v) is 3.44. The van der Waals surface area contributed by atoms with Crippen LogP contribution in [0.3, 0.4) is 0 Å².